The second-order valence-electron chi connectivity index (χ2n) is 8.12. The van der Waals surface area contributed by atoms with Gasteiger partial charge in [0.15, 0.2) is 0 Å². The van der Waals surface area contributed by atoms with E-state index in [1.807, 2.05) is 0 Å². The molecule has 3 aliphatic heterocycles. The third-order valence-corrected chi connectivity index (χ3v) is 6.77. The van der Waals surface area contributed by atoms with Crippen LogP contribution in [0.5, 0.6) is 0 Å². The van der Waals surface area contributed by atoms with Crippen molar-refractivity contribution in [3.63, 3.8) is 0 Å². The molecule has 3 heterocycles. The summed E-state index contributed by atoms with van der Waals surface area (Å²) in [5.41, 5.74) is 0.413. The van der Waals surface area contributed by atoms with Gasteiger partial charge in [-0.05, 0) is 58.4 Å². The lowest BCUT2D eigenvalue weighted by atomic mass is 9.80. The molecular weight excluding hydrogens is 246 g/mol. The highest BCUT2D eigenvalue weighted by atomic mass is 15.3. The number of fused-ring (bicyclic) bond motifs is 2. The summed E-state index contributed by atoms with van der Waals surface area (Å²) < 4.78 is 0. The first kappa shape index (κ1) is 13.5. The van der Waals surface area contributed by atoms with E-state index in [0.717, 1.165) is 24.0 Å². The second kappa shape index (κ2) is 4.96. The topological polar surface area (TPSA) is 18.5 Å². The van der Waals surface area contributed by atoms with Gasteiger partial charge in [-0.3, -0.25) is 4.90 Å². The highest BCUT2D eigenvalue weighted by Crippen LogP contribution is 2.42. The summed E-state index contributed by atoms with van der Waals surface area (Å²) in [5.74, 6) is 0.955. The van der Waals surface area contributed by atoms with Crippen molar-refractivity contribution < 1.29 is 0 Å². The van der Waals surface area contributed by atoms with Gasteiger partial charge in [0.25, 0.3) is 0 Å². The molecule has 1 aliphatic carbocycles. The quantitative estimate of drug-likeness (QED) is 0.834. The number of nitrogens with one attached hydrogen (secondary N) is 1. The van der Waals surface area contributed by atoms with Crippen LogP contribution in [-0.2, 0) is 0 Å². The maximum atomic E-state index is 3.83. The molecule has 3 unspecified atom stereocenters. The molecule has 20 heavy (non-hydrogen) atoms. The predicted octanol–water partition coefficient (Wildman–Crippen LogP) is 2.08. The molecule has 0 spiro atoms. The van der Waals surface area contributed by atoms with Gasteiger partial charge in [0.2, 0.25) is 0 Å². The molecule has 1 saturated carbocycles. The first-order chi connectivity index (χ1) is 9.66. The average Bonchev–Trinajstić information content (AvgIpc) is 3.23. The molecule has 0 aromatic carbocycles. The SMILES string of the molecule is CN1C2CCCC1CC(N1CCNC(C)(C3CC3)C1)C2. The fourth-order valence-electron chi connectivity index (χ4n) is 5.23. The van der Waals surface area contributed by atoms with Crippen LogP contribution in [0.25, 0.3) is 0 Å². The lowest BCUT2D eigenvalue weighted by Crippen LogP contribution is -2.64. The summed E-state index contributed by atoms with van der Waals surface area (Å²) in [6.07, 6.45) is 10.1. The molecule has 114 valence electrons. The third kappa shape index (κ3) is 2.32. The number of piperazine rings is 1. The fourth-order valence-corrected chi connectivity index (χ4v) is 5.23. The first-order valence-corrected chi connectivity index (χ1v) is 8.87. The standard InChI is InChI=1S/C17H31N3/c1-17(13-6-7-13)12-20(9-8-18-17)16-10-14-4-3-5-15(11-16)19(14)2/h13-16,18H,3-12H2,1-2H3. The molecule has 4 aliphatic rings. The summed E-state index contributed by atoms with van der Waals surface area (Å²) in [4.78, 5) is 5.55. The summed E-state index contributed by atoms with van der Waals surface area (Å²) in [5, 5.41) is 3.83. The number of hydrogen-bond acceptors (Lipinski definition) is 3. The number of nitrogens with zero attached hydrogens (tertiary/aromatic N) is 2. The van der Waals surface area contributed by atoms with Gasteiger partial charge in [0, 0.05) is 43.3 Å². The zero-order valence-electron chi connectivity index (χ0n) is 13.3. The Morgan fingerprint density at radius 2 is 1.70 bits per heavy atom. The van der Waals surface area contributed by atoms with Crippen molar-refractivity contribution >= 4 is 0 Å². The van der Waals surface area contributed by atoms with Crippen LogP contribution in [0.4, 0.5) is 0 Å². The van der Waals surface area contributed by atoms with E-state index in [2.05, 4.69) is 29.1 Å². The van der Waals surface area contributed by atoms with Gasteiger partial charge in [0.1, 0.15) is 0 Å². The summed E-state index contributed by atoms with van der Waals surface area (Å²) in [7, 11) is 2.37. The van der Waals surface area contributed by atoms with Crippen LogP contribution in [-0.4, -0.2) is 60.1 Å². The zero-order valence-corrected chi connectivity index (χ0v) is 13.3. The molecule has 0 aromatic heterocycles. The average molecular weight is 277 g/mol. The lowest BCUT2D eigenvalue weighted by molar-refractivity contribution is -0.0107. The smallest absolute Gasteiger partial charge is 0.0309 e. The van der Waals surface area contributed by atoms with Crippen molar-refractivity contribution in [3.05, 3.63) is 0 Å². The second-order valence-corrected chi connectivity index (χ2v) is 8.12. The van der Waals surface area contributed by atoms with Gasteiger partial charge >= 0.3 is 0 Å². The number of piperidine rings is 2. The maximum Gasteiger partial charge on any atom is 0.0309 e. The molecule has 0 aromatic rings. The molecule has 0 radical (unpaired) electrons. The Labute approximate surface area is 124 Å². The van der Waals surface area contributed by atoms with Crippen LogP contribution >= 0.6 is 0 Å². The Morgan fingerprint density at radius 1 is 1.00 bits per heavy atom. The van der Waals surface area contributed by atoms with Crippen LogP contribution in [0.3, 0.4) is 0 Å². The van der Waals surface area contributed by atoms with E-state index in [9.17, 15) is 0 Å². The largest absolute Gasteiger partial charge is 0.309 e. The van der Waals surface area contributed by atoms with Crippen LogP contribution in [0.2, 0.25) is 0 Å². The minimum absolute atomic E-state index is 0.413. The predicted molar refractivity (Wildman–Crippen MR) is 82.9 cm³/mol. The Kier molecular flexibility index (Phi) is 3.36. The van der Waals surface area contributed by atoms with Crippen LogP contribution in [0.1, 0.15) is 51.9 Å². The molecule has 4 rings (SSSR count). The van der Waals surface area contributed by atoms with E-state index in [1.54, 1.807) is 0 Å². The van der Waals surface area contributed by atoms with Crippen LogP contribution in [0.15, 0.2) is 0 Å². The van der Waals surface area contributed by atoms with E-state index in [1.165, 1.54) is 64.6 Å². The van der Waals surface area contributed by atoms with Crippen molar-refractivity contribution in [2.75, 3.05) is 26.7 Å². The van der Waals surface area contributed by atoms with E-state index in [0.29, 0.717) is 5.54 Å². The Bertz CT molecular complexity index is 353. The highest BCUT2D eigenvalue weighted by molar-refractivity contribution is 5.04. The van der Waals surface area contributed by atoms with Crippen molar-refractivity contribution in [3.8, 4) is 0 Å². The van der Waals surface area contributed by atoms with Gasteiger partial charge in [-0.2, -0.15) is 0 Å². The minimum atomic E-state index is 0.413. The summed E-state index contributed by atoms with van der Waals surface area (Å²) >= 11 is 0. The summed E-state index contributed by atoms with van der Waals surface area (Å²) in [6.45, 7) is 6.25. The fraction of sp³-hybridized carbons (Fsp3) is 1.00. The molecule has 3 nitrogen and oxygen atoms in total. The number of hydrogen-bond donors (Lipinski definition) is 1. The third-order valence-electron chi connectivity index (χ3n) is 6.77. The van der Waals surface area contributed by atoms with Gasteiger partial charge in [-0.1, -0.05) is 6.42 Å². The zero-order chi connectivity index (χ0) is 13.7. The van der Waals surface area contributed by atoms with Crippen LogP contribution in [0, 0.1) is 5.92 Å². The van der Waals surface area contributed by atoms with Gasteiger partial charge in [-0.25, -0.2) is 0 Å². The molecule has 1 N–H and O–H groups in total. The lowest BCUT2D eigenvalue weighted by Gasteiger charge is -2.52. The molecule has 2 bridgehead atoms. The Balaban J connectivity index is 1.45. The van der Waals surface area contributed by atoms with Gasteiger partial charge < -0.3 is 10.2 Å². The highest BCUT2D eigenvalue weighted by Gasteiger charge is 2.46. The van der Waals surface area contributed by atoms with Crippen LogP contribution < -0.4 is 5.32 Å². The van der Waals surface area contributed by atoms with Crippen molar-refractivity contribution in [2.24, 2.45) is 5.92 Å². The number of rotatable bonds is 2. The molecule has 3 atom stereocenters. The molecule has 4 fully saturated rings. The normalized spacial score (nSPS) is 47.4. The van der Waals surface area contributed by atoms with E-state index in [-0.39, 0.29) is 0 Å². The van der Waals surface area contributed by atoms with Gasteiger partial charge in [0.05, 0.1) is 0 Å². The molecule has 3 heteroatoms. The van der Waals surface area contributed by atoms with Gasteiger partial charge in [-0.15, -0.1) is 0 Å². The van der Waals surface area contributed by atoms with E-state index < -0.39 is 0 Å². The van der Waals surface area contributed by atoms with E-state index >= 15 is 0 Å². The first-order valence-electron chi connectivity index (χ1n) is 8.87. The molecular formula is C17H31N3. The monoisotopic (exact) mass is 277 g/mol. The summed E-state index contributed by atoms with van der Waals surface area (Å²) in [6, 6.07) is 2.60. The minimum Gasteiger partial charge on any atom is -0.309 e. The van der Waals surface area contributed by atoms with E-state index in [4.69, 9.17) is 0 Å². The Morgan fingerprint density at radius 3 is 2.35 bits per heavy atom. The molecule has 0 amide bonds. The Hall–Kier alpha value is -0.120. The molecule has 3 saturated heterocycles. The van der Waals surface area contributed by atoms with Crippen molar-refractivity contribution in [1.82, 2.24) is 15.1 Å². The maximum absolute atomic E-state index is 3.83. The van der Waals surface area contributed by atoms with Crippen molar-refractivity contribution in [1.29, 1.82) is 0 Å². The van der Waals surface area contributed by atoms with Crippen molar-refractivity contribution in [2.45, 2.75) is 75.5 Å².